The molecule has 1 aliphatic rings. The Morgan fingerprint density at radius 2 is 1.93 bits per heavy atom. The van der Waals surface area contributed by atoms with Gasteiger partial charge in [0, 0.05) is 15.6 Å². The van der Waals surface area contributed by atoms with E-state index < -0.39 is 0 Å². The lowest BCUT2D eigenvalue weighted by molar-refractivity contribution is 0.578. The molecule has 0 fully saturated rings. The molecule has 0 spiro atoms. The second-order valence-corrected chi connectivity index (χ2v) is 7.54. The first-order valence-electron chi connectivity index (χ1n) is 8.87. The van der Waals surface area contributed by atoms with E-state index in [1.807, 2.05) is 47.9 Å². The van der Waals surface area contributed by atoms with Crippen molar-refractivity contribution in [3.05, 3.63) is 94.3 Å². The zero-order valence-corrected chi connectivity index (χ0v) is 16.5. The second-order valence-electron chi connectivity index (χ2n) is 6.62. The lowest BCUT2D eigenvalue weighted by Gasteiger charge is -2.12. The van der Waals surface area contributed by atoms with Crippen LogP contribution in [0.25, 0.3) is 17.1 Å². The van der Waals surface area contributed by atoms with Gasteiger partial charge in [0.05, 0.1) is 29.4 Å². The van der Waals surface area contributed by atoms with E-state index in [2.05, 4.69) is 20.9 Å². The molecule has 1 atom stereocenters. The van der Waals surface area contributed by atoms with Gasteiger partial charge in [0.1, 0.15) is 17.8 Å². The van der Waals surface area contributed by atoms with E-state index in [0.717, 1.165) is 27.1 Å². The number of benzene rings is 2. The number of aliphatic imine (C=N–C) groups is 1. The highest BCUT2D eigenvalue weighted by molar-refractivity contribution is 9.10. The summed E-state index contributed by atoms with van der Waals surface area (Å²) in [7, 11) is 0. The van der Waals surface area contributed by atoms with Crippen LogP contribution in [0.1, 0.15) is 29.8 Å². The monoisotopic (exact) mass is 435 g/mol. The summed E-state index contributed by atoms with van der Waals surface area (Å²) in [4.78, 5) is 9.51. The predicted octanol–water partition coefficient (Wildman–Crippen LogP) is 5.95. The summed E-state index contributed by atoms with van der Waals surface area (Å²) in [6.45, 7) is 1.99. The van der Waals surface area contributed by atoms with Gasteiger partial charge in [0.15, 0.2) is 5.76 Å². The Morgan fingerprint density at radius 1 is 1.07 bits per heavy atom. The average Bonchev–Trinajstić information content (AvgIpc) is 3.34. The maximum absolute atomic E-state index is 14.7. The van der Waals surface area contributed by atoms with Crippen LogP contribution in [0.4, 0.5) is 4.39 Å². The van der Waals surface area contributed by atoms with E-state index in [4.69, 9.17) is 9.41 Å². The topological polar surface area (TPSA) is 43.3 Å². The number of aromatic nitrogens is 2. The van der Waals surface area contributed by atoms with E-state index in [9.17, 15) is 4.39 Å². The fourth-order valence-corrected chi connectivity index (χ4v) is 4.01. The van der Waals surface area contributed by atoms with Gasteiger partial charge in [0.25, 0.3) is 0 Å². The minimum Gasteiger partial charge on any atom is -0.463 e. The molecule has 0 saturated heterocycles. The van der Waals surface area contributed by atoms with Crippen LogP contribution in [0.15, 0.2) is 81.1 Å². The number of halogens is 2. The van der Waals surface area contributed by atoms with Crippen LogP contribution < -0.4 is 0 Å². The Balaban J connectivity index is 1.82. The Labute approximate surface area is 169 Å². The fraction of sp³-hybridized carbons (Fsp3) is 0.0909. The molecule has 138 valence electrons. The maximum Gasteiger partial charge on any atom is 0.154 e. The Hall–Kier alpha value is -2.99. The van der Waals surface area contributed by atoms with Crippen LogP contribution in [0.2, 0.25) is 0 Å². The maximum atomic E-state index is 14.7. The van der Waals surface area contributed by atoms with Gasteiger partial charge in [0.2, 0.25) is 0 Å². The molecule has 2 aromatic carbocycles. The third-order valence-corrected chi connectivity index (χ3v) is 5.37. The second kappa shape index (κ2) is 6.56. The molecule has 5 rings (SSSR count). The third kappa shape index (κ3) is 2.64. The van der Waals surface area contributed by atoms with Crippen molar-refractivity contribution in [2.24, 2.45) is 4.99 Å². The molecule has 0 N–H and O–H groups in total. The van der Waals surface area contributed by atoms with E-state index >= 15 is 0 Å². The normalized spacial score (nSPS) is 15.5. The standard InChI is InChI=1S/C22H15BrFN3O/c1-13-22-21(19-7-4-10-28-19)25-12-27(22)18-9-8-14(23)11-16(18)20(26-13)15-5-2-3-6-17(15)24/h2-13H,1H3/t13-/m0/s1. The zero-order valence-electron chi connectivity index (χ0n) is 14.9. The van der Waals surface area contributed by atoms with Crippen molar-refractivity contribution in [3.63, 3.8) is 0 Å². The van der Waals surface area contributed by atoms with Gasteiger partial charge >= 0.3 is 0 Å². The lowest BCUT2D eigenvalue weighted by atomic mass is 10.00. The largest absolute Gasteiger partial charge is 0.463 e. The van der Waals surface area contributed by atoms with Crippen molar-refractivity contribution in [2.45, 2.75) is 13.0 Å². The van der Waals surface area contributed by atoms with Crippen molar-refractivity contribution in [2.75, 3.05) is 0 Å². The van der Waals surface area contributed by atoms with Crippen LogP contribution in [-0.4, -0.2) is 15.3 Å². The van der Waals surface area contributed by atoms with Gasteiger partial charge in [-0.25, -0.2) is 9.37 Å². The quantitative estimate of drug-likeness (QED) is 0.390. The molecule has 0 unspecified atom stereocenters. The highest BCUT2D eigenvalue weighted by Gasteiger charge is 2.28. The summed E-state index contributed by atoms with van der Waals surface area (Å²) in [5, 5.41) is 0. The number of nitrogens with zero attached hydrogens (tertiary/aromatic N) is 3. The molecule has 28 heavy (non-hydrogen) atoms. The van der Waals surface area contributed by atoms with Crippen molar-refractivity contribution in [1.82, 2.24) is 9.55 Å². The highest BCUT2D eigenvalue weighted by atomic mass is 79.9. The molecule has 4 aromatic rings. The molecule has 0 amide bonds. The molecule has 0 saturated carbocycles. The van der Waals surface area contributed by atoms with Gasteiger partial charge in [-0.1, -0.05) is 28.1 Å². The smallest absolute Gasteiger partial charge is 0.154 e. The van der Waals surface area contributed by atoms with Gasteiger partial charge in [-0.2, -0.15) is 0 Å². The van der Waals surface area contributed by atoms with Crippen LogP contribution in [0.5, 0.6) is 0 Å². The molecule has 4 nitrogen and oxygen atoms in total. The molecular formula is C22H15BrFN3O. The number of hydrogen-bond acceptors (Lipinski definition) is 3. The van der Waals surface area contributed by atoms with Gasteiger partial charge in [-0.3, -0.25) is 9.56 Å². The average molecular weight is 436 g/mol. The van der Waals surface area contributed by atoms with Crippen molar-refractivity contribution < 1.29 is 8.81 Å². The summed E-state index contributed by atoms with van der Waals surface area (Å²) in [5.41, 5.74) is 4.49. The molecule has 1 aliphatic heterocycles. The number of rotatable bonds is 2. The summed E-state index contributed by atoms with van der Waals surface area (Å²) in [6, 6.07) is 16.1. The van der Waals surface area contributed by atoms with E-state index in [1.54, 1.807) is 24.7 Å². The minimum atomic E-state index is -0.296. The first kappa shape index (κ1) is 17.1. The van der Waals surface area contributed by atoms with E-state index in [-0.39, 0.29) is 11.9 Å². The highest BCUT2D eigenvalue weighted by Crippen LogP contribution is 2.37. The van der Waals surface area contributed by atoms with Crippen molar-refractivity contribution in [3.8, 4) is 17.1 Å². The molecule has 0 bridgehead atoms. The number of imidazole rings is 1. The van der Waals surface area contributed by atoms with Gasteiger partial charge in [-0.05, 0) is 49.4 Å². The van der Waals surface area contributed by atoms with Crippen LogP contribution in [-0.2, 0) is 0 Å². The molecule has 3 heterocycles. The Morgan fingerprint density at radius 3 is 2.71 bits per heavy atom. The van der Waals surface area contributed by atoms with E-state index in [1.165, 1.54) is 6.07 Å². The fourth-order valence-electron chi connectivity index (χ4n) is 3.65. The van der Waals surface area contributed by atoms with Gasteiger partial charge < -0.3 is 4.42 Å². The SMILES string of the molecule is C[C@@H]1N=C(c2ccccc2F)c2cc(Br)ccc2-n2cnc(-c3ccco3)c21. The first-order chi connectivity index (χ1) is 13.6. The molecule has 2 aromatic heterocycles. The lowest BCUT2D eigenvalue weighted by Crippen LogP contribution is -2.09. The van der Waals surface area contributed by atoms with Crippen molar-refractivity contribution >= 4 is 21.6 Å². The number of fused-ring (bicyclic) bond motifs is 3. The summed E-state index contributed by atoms with van der Waals surface area (Å²) in [5.74, 6) is 0.388. The predicted molar refractivity (Wildman–Crippen MR) is 109 cm³/mol. The Bertz CT molecular complexity index is 1210. The van der Waals surface area contributed by atoms with E-state index in [0.29, 0.717) is 17.0 Å². The Kier molecular flexibility index (Phi) is 4.02. The molecule has 6 heteroatoms. The van der Waals surface area contributed by atoms with Crippen LogP contribution >= 0.6 is 15.9 Å². The summed E-state index contributed by atoms with van der Waals surface area (Å²) < 4.78 is 23.2. The molecule has 0 radical (unpaired) electrons. The first-order valence-corrected chi connectivity index (χ1v) is 9.67. The van der Waals surface area contributed by atoms with Crippen molar-refractivity contribution in [1.29, 1.82) is 0 Å². The summed E-state index contributed by atoms with van der Waals surface area (Å²) >= 11 is 3.54. The summed E-state index contributed by atoms with van der Waals surface area (Å²) in [6.07, 6.45) is 3.40. The minimum absolute atomic E-state index is 0.247. The van der Waals surface area contributed by atoms with Crippen LogP contribution in [0, 0.1) is 5.82 Å². The zero-order chi connectivity index (χ0) is 19.3. The third-order valence-electron chi connectivity index (χ3n) is 4.88. The molecule has 0 aliphatic carbocycles. The number of hydrogen-bond donors (Lipinski definition) is 0. The molecular weight excluding hydrogens is 421 g/mol. The van der Waals surface area contributed by atoms with Crippen LogP contribution in [0.3, 0.4) is 0 Å². The van der Waals surface area contributed by atoms with Gasteiger partial charge in [-0.15, -0.1) is 0 Å². The number of furan rings is 1.